The van der Waals surface area contributed by atoms with Crippen LogP contribution in [0.3, 0.4) is 0 Å². The van der Waals surface area contributed by atoms with Crippen LogP contribution in [0.25, 0.3) is 33.5 Å². The summed E-state index contributed by atoms with van der Waals surface area (Å²) in [4.78, 5) is 17.8. The van der Waals surface area contributed by atoms with Gasteiger partial charge in [-0.1, -0.05) is 58.4 Å². The van der Waals surface area contributed by atoms with Crippen LogP contribution in [0.5, 0.6) is 0 Å². The second kappa shape index (κ2) is 8.13. The minimum atomic E-state index is 0.693. The zero-order chi connectivity index (χ0) is 20.5. The molecule has 0 fully saturated rings. The molecule has 30 heavy (non-hydrogen) atoms. The summed E-state index contributed by atoms with van der Waals surface area (Å²) >= 11 is 7.04. The molecule has 3 aromatic heterocycles. The maximum absolute atomic E-state index is 5.00. The number of pyridine rings is 2. The van der Waals surface area contributed by atoms with Gasteiger partial charge in [-0.3, -0.25) is 4.98 Å². The molecule has 0 aliphatic heterocycles. The van der Waals surface area contributed by atoms with Gasteiger partial charge < -0.3 is 4.98 Å². The van der Waals surface area contributed by atoms with Crippen molar-refractivity contribution in [2.24, 2.45) is 0 Å². The summed E-state index contributed by atoms with van der Waals surface area (Å²) in [5, 5.41) is 1.08. The highest BCUT2D eigenvalue weighted by Gasteiger charge is 2.18. The summed E-state index contributed by atoms with van der Waals surface area (Å²) in [5.41, 5.74) is 5.67. The third-order valence-electron chi connectivity index (χ3n) is 4.87. The van der Waals surface area contributed by atoms with Crippen LogP contribution >= 0.6 is 31.9 Å². The molecule has 2 aromatic carbocycles. The van der Waals surface area contributed by atoms with Crippen molar-refractivity contribution in [2.45, 2.75) is 6.42 Å². The van der Waals surface area contributed by atoms with Crippen LogP contribution in [0.4, 0.5) is 0 Å². The van der Waals surface area contributed by atoms with E-state index >= 15 is 0 Å². The van der Waals surface area contributed by atoms with Gasteiger partial charge in [-0.2, -0.15) is 0 Å². The number of aromatic amines is 1. The Morgan fingerprint density at radius 1 is 0.833 bits per heavy atom. The zero-order valence-corrected chi connectivity index (χ0v) is 19.0. The molecule has 0 saturated carbocycles. The molecule has 1 N–H and O–H groups in total. The molecule has 0 aliphatic rings. The summed E-state index contributed by atoms with van der Waals surface area (Å²) < 4.78 is 1.84. The summed E-state index contributed by atoms with van der Waals surface area (Å²) in [5.74, 6) is 0.882. The number of imidazole rings is 1. The highest BCUT2D eigenvalue weighted by Crippen LogP contribution is 2.34. The van der Waals surface area contributed by atoms with E-state index in [9.17, 15) is 0 Å². The van der Waals surface area contributed by atoms with Gasteiger partial charge in [0.25, 0.3) is 0 Å². The van der Waals surface area contributed by atoms with Crippen LogP contribution in [0.2, 0.25) is 0 Å². The molecule has 0 atom stereocenters. The Morgan fingerprint density at radius 2 is 1.67 bits per heavy atom. The van der Waals surface area contributed by atoms with Gasteiger partial charge in [-0.25, -0.2) is 9.97 Å². The Morgan fingerprint density at radius 3 is 2.53 bits per heavy atom. The van der Waals surface area contributed by atoms with E-state index in [1.165, 1.54) is 5.56 Å². The first kappa shape index (κ1) is 19.2. The maximum Gasteiger partial charge on any atom is 0.111 e. The Hall–Kier alpha value is -2.83. The van der Waals surface area contributed by atoms with Gasteiger partial charge in [0.1, 0.15) is 16.1 Å². The number of nitrogens with one attached hydrogen (secondary N) is 1. The van der Waals surface area contributed by atoms with Gasteiger partial charge in [0.15, 0.2) is 0 Å². The molecule has 5 aromatic rings. The van der Waals surface area contributed by atoms with Crippen molar-refractivity contribution < 1.29 is 0 Å². The van der Waals surface area contributed by atoms with E-state index < -0.39 is 0 Å². The van der Waals surface area contributed by atoms with Crippen LogP contribution in [-0.2, 0) is 6.42 Å². The van der Waals surface area contributed by atoms with E-state index in [0.717, 1.165) is 48.4 Å². The number of fused-ring (bicyclic) bond motifs is 1. The number of aromatic nitrogens is 4. The van der Waals surface area contributed by atoms with Crippen molar-refractivity contribution in [3.8, 4) is 22.6 Å². The summed E-state index contributed by atoms with van der Waals surface area (Å²) in [7, 11) is 0. The largest absolute Gasteiger partial charge is 0.340 e. The standard InChI is InChI=1S/C24H16Br2N4/c25-17-8-1-5-15(13-17)14-21-29-23(24(30-21)19-10-3-11-20(26)28-19)18-9-2-6-16-7-4-12-27-22(16)18/h1-13H,14H2,(H,29,30). The van der Waals surface area contributed by atoms with Crippen LogP contribution in [0.1, 0.15) is 11.4 Å². The number of halogens is 2. The lowest BCUT2D eigenvalue weighted by molar-refractivity contribution is 1.03. The fraction of sp³-hybridized carbons (Fsp3) is 0.0417. The van der Waals surface area contributed by atoms with Crippen molar-refractivity contribution in [1.82, 2.24) is 19.9 Å². The quantitative estimate of drug-likeness (QED) is 0.265. The van der Waals surface area contributed by atoms with Crippen LogP contribution in [0, 0.1) is 0 Å². The molecule has 0 saturated heterocycles. The smallest absolute Gasteiger partial charge is 0.111 e. The Bertz CT molecular complexity index is 1360. The number of rotatable bonds is 4. The maximum atomic E-state index is 5.00. The zero-order valence-electron chi connectivity index (χ0n) is 15.8. The molecule has 0 amide bonds. The summed E-state index contributed by atoms with van der Waals surface area (Å²) in [6.45, 7) is 0. The number of H-pyrrole nitrogens is 1. The van der Waals surface area contributed by atoms with E-state index in [0.29, 0.717) is 6.42 Å². The molecule has 0 radical (unpaired) electrons. The molecular formula is C24H16Br2N4. The second-order valence-electron chi connectivity index (χ2n) is 6.94. The lowest BCUT2D eigenvalue weighted by Gasteiger charge is -2.06. The fourth-order valence-electron chi connectivity index (χ4n) is 3.57. The highest BCUT2D eigenvalue weighted by molar-refractivity contribution is 9.10. The molecule has 6 heteroatoms. The van der Waals surface area contributed by atoms with Crippen LogP contribution < -0.4 is 0 Å². The predicted molar refractivity (Wildman–Crippen MR) is 127 cm³/mol. The van der Waals surface area contributed by atoms with Crippen LogP contribution in [-0.4, -0.2) is 19.9 Å². The molecule has 0 unspecified atom stereocenters. The van der Waals surface area contributed by atoms with Crippen molar-refractivity contribution >= 4 is 42.8 Å². The first-order chi connectivity index (χ1) is 14.7. The van der Waals surface area contributed by atoms with Crippen molar-refractivity contribution in [1.29, 1.82) is 0 Å². The van der Waals surface area contributed by atoms with Crippen molar-refractivity contribution in [2.75, 3.05) is 0 Å². The average Bonchev–Trinajstić information content (AvgIpc) is 3.17. The lowest BCUT2D eigenvalue weighted by atomic mass is 10.0. The topological polar surface area (TPSA) is 54.5 Å². The average molecular weight is 520 g/mol. The van der Waals surface area contributed by atoms with E-state index in [-0.39, 0.29) is 0 Å². The molecule has 3 heterocycles. The SMILES string of the molecule is Brc1cccc(Cc2nc(-c3cccc4cccnc34)c(-c3cccc(Br)n3)[nH]2)c1. The van der Waals surface area contributed by atoms with Gasteiger partial charge in [0.2, 0.25) is 0 Å². The minimum absolute atomic E-state index is 0.693. The van der Waals surface area contributed by atoms with Crippen molar-refractivity contribution in [3.05, 3.63) is 99.5 Å². The van der Waals surface area contributed by atoms with Gasteiger partial charge in [0.05, 0.1) is 16.9 Å². The number of benzene rings is 2. The molecule has 0 spiro atoms. The van der Waals surface area contributed by atoms with Crippen LogP contribution in [0.15, 0.2) is 88.1 Å². The van der Waals surface area contributed by atoms with E-state index in [1.807, 2.05) is 48.7 Å². The number of hydrogen-bond acceptors (Lipinski definition) is 3. The molecule has 4 nitrogen and oxygen atoms in total. The molecule has 5 rings (SSSR count). The van der Waals surface area contributed by atoms with Gasteiger partial charge >= 0.3 is 0 Å². The van der Waals surface area contributed by atoms with Gasteiger partial charge in [-0.05, 0) is 51.8 Å². The van der Waals surface area contributed by atoms with E-state index in [1.54, 1.807) is 0 Å². The first-order valence-corrected chi connectivity index (χ1v) is 11.1. The molecule has 0 aliphatic carbocycles. The third-order valence-corrected chi connectivity index (χ3v) is 5.81. The molecule has 0 bridgehead atoms. The predicted octanol–water partition coefficient (Wildman–Crippen LogP) is 6.80. The Labute approximate surface area is 190 Å². The summed E-state index contributed by atoms with van der Waals surface area (Å²) in [6.07, 6.45) is 2.51. The fourth-order valence-corrected chi connectivity index (χ4v) is 4.36. The Balaban J connectivity index is 1.69. The molecular weight excluding hydrogens is 504 g/mol. The molecule has 146 valence electrons. The van der Waals surface area contributed by atoms with Gasteiger partial charge in [-0.15, -0.1) is 0 Å². The lowest BCUT2D eigenvalue weighted by Crippen LogP contribution is -1.91. The number of hydrogen-bond donors (Lipinski definition) is 1. The van der Waals surface area contributed by atoms with E-state index in [4.69, 9.17) is 4.98 Å². The number of nitrogens with zero attached hydrogens (tertiary/aromatic N) is 3. The van der Waals surface area contributed by atoms with E-state index in [2.05, 4.69) is 77.1 Å². The first-order valence-electron chi connectivity index (χ1n) is 9.48. The summed E-state index contributed by atoms with van der Waals surface area (Å²) in [6, 6.07) is 24.3. The minimum Gasteiger partial charge on any atom is -0.340 e. The highest BCUT2D eigenvalue weighted by atomic mass is 79.9. The van der Waals surface area contributed by atoms with Gasteiger partial charge in [0, 0.05) is 28.0 Å². The monoisotopic (exact) mass is 518 g/mol. The third kappa shape index (κ3) is 3.80. The Kier molecular flexibility index (Phi) is 5.19. The normalized spacial score (nSPS) is 11.1. The number of para-hydroxylation sites is 1. The van der Waals surface area contributed by atoms with Crippen molar-refractivity contribution in [3.63, 3.8) is 0 Å². The second-order valence-corrected chi connectivity index (χ2v) is 8.67.